The zero-order valence-corrected chi connectivity index (χ0v) is 14.8. The molecule has 1 aromatic carbocycles. The van der Waals surface area contributed by atoms with Gasteiger partial charge in [-0.25, -0.2) is 4.39 Å². The molecule has 0 aliphatic heterocycles. The highest BCUT2D eigenvalue weighted by atomic mass is 35.5. The second-order valence-electron chi connectivity index (χ2n) is 6.63. The molecule has 1 saturated carbocycles. The number of hydrogen-bond acceptors (Lipinski definition) is 1. The van der Waals surface area contributed by atoms with Crippen LogP contribution in [0.15, 0.2) is 48.7 Å². The smallest absolute Gasteiger partial charge is 0.142 e. The maximum atomic E-state index is 13.6. The largest absolute Gasteiger partial charge is 0.256 e. The van der Waals surface area contributed by atoms with Crippen molar-refractivity contribution in [1.29, 1.82) is 0 Å². The van der Waals surface area contributed by atoms with Crippen molar-refractivity contribution in [2.75, 3.05) is 0 Å². The zero-order chi connectivity index (χ0) is 16.9. The van der Waals surface area contributed by atoms with E-state index in [2.05, 4.69) is 30.1 Å². The Balaban J connectivity index is 1.66. The zero-order valence-electron chi connectivity index (χ0n) is 14.0. The molecule has 1 nitrogen and oxygen atoms in total. The van der Waals surface area contributed by atoms with E-state index in [-0.39, 0.29) is 5.02 Å². The summed E-state index contributed by atoms with van der Waals surface area (Å²) in [7, 11) is 0. The van der Waals surface area contributed by atoms with E-state index in [4.69, 9.17) is 11.6 Å². The first-order chi connectivity index (χ1) is 11.7. The summed E-state index contributed by atoms with van der Waals surface area (Å²) in [4.78, 5) is 4.54. The highest BCUT2D eigenvalue weighted by Gasteiger charge is 2.21. The summed E-state index contributed by atoms with van der Waals surface area (Å²) in [5, 5.41) is 0.144. The monoisotopic (exact) mass is 343 g/mol. The lowest BCUT2D eigenvalue weighted by atomic mass is 9.78. The molecule has 0 saturated heterocycles. The molecule has 0 amide bonds. The van der Waals surface area contributed by atoms with E-state index in [1.54, 1.807) is 12.1 Å². The molecule has 126 valence electrons. The number of benzene rings is 1. The lowest BCUT2D eigenvalue weighted by molar-refractivity contribution is 0.328. The van der Waals surface area contributed by atoms with Gasteiger partial charge >= 0.3 is 0 Å². The topological polar surface area (TPSA) is 12.9 Å². The summed E-state index contributed by atoms with van der Waals surface area (Å²) in [6, 6.07) is 8.96. The van der Waals surface area contributed by atoms with Gasteiger partial charge in [-0.2, -0.15) is 0 Å². The molecular formula is C21H23ClFN. The minimum atomic E-state index is -0.403. The number of nitrogens with zero attached hydrogens (tertiary/aromatic N) is 1. The predicted octanol–water partition coefficient (Wildman–Crippen LogP) is 6.78. The van der Waals surface area contributed by atoms with Gasteiger partial charge in [0.1, 0.15) is 5.82 Å². The van der Waals surface area contributed by atoms with Crippen molar-refractivity contribution in [1.82, 2.24) is 4.98 Å². The van der Waals surface area contributed by atoms with Gasteiger partial charge in [0.05, 0.1) is 10.7 Å². The van der Waals surface area contributed by atoms with Gasteiger partial charge in [0.15, 0.2) is 0 Å². The van der Waals surface area contributed by atoms with Crippen LogP contribution in [-0.2, 0) is 0 Å². The Hall–Kier alpha value is -1.67. The Morgan fingerprint density at radius 1 is 1.17 bits per heavy atom. The van der Waals surface area contributed by atoms with Crippen molar-refractivity contribution in [2.24, 2.45) is 5.92 Å². The van der Waals surface area contributed by atoms with Crippen LogP contribution in [0.1, 0.15) is 50.5 Å². The molecule has 3 rings (SSSR count). The molecule has 1 heterocycles. The van der Waals surface area contributed by atoms with Gasteiger partial charge < -0.3 is 0 Å². The fourth-order valence-corrected chi connectivity index (χ4v) is 3.65. The maximum absolute atomic E-state index is 13.6. The third kappa shape index (κ3) is 4.05. The summed E-state index contributed by atoms with van der Waals surface area (Å²) in [5.41, 5.74) is 2.85. The van der Waals surface area contributed by atoms with Crippen molar-refractivity contribution in [2.45, 2.75) is 44.9 Å². The van der Waals surface area contributed by atoms with Crippen LogP contribution in [0.5, 0.6) is 0 Å². The van der Waals surface area contributed by atoms with Crippen LogP contribution >= 0.6 is 11.6 Å². The predicted molar refractivity (Wildman–Crippen MR) is 98.8 cm³/mol. The van der Waals surface area contributed by atoms with Gasteiger partial charge in [0, 0.05) is 11.8 Å². The van der Waals surface area contributed by atoms with Gasteiger partial charge in [-0.3, -0.25) is 4.98 Å². The summed E-state index contributed by atoms with van der Waals surface area (Å²) in [6.07, 6.45) is 12.7. The molecule has 2 aromatic rings. The average molecular weight is 344 g/mol. The lowest BCUT2D eigenvalue weighted by Crippen LogP contribution is -2.13. The van der Waals surface area contributed by atoms with Gasteiger partial charge in [-0.05, 0) is 74.6 Å². The average Bonchev–Trinajstić information content (AvgIpc) is 2.63. The van der Waals surface area contributed by atoms with E-state index in [0.29, 0.717) is 5.92 Å². The fourth-order valence-electron chi connectivity index (χ4n) is 3.53. The molecule has 0 spiro atoms. The number of allylic oxidation sites excluding steroid dienone is 2. The molecule has 1 aromatic heterocycles. The van der Waals surface area contributed by atoms with Gasteiger partial charge in [0.2, 0.25) is 0 Å². The number of hydrogen-bond donors (Lipinski definition) is 0. The highest BCUT2D eigenvalue weighted by molar-refractivity contribution is 6.30. The summed E-state index contributed by atoms with van der Waals surface area (Å²) >= 11 is 5.74. The lowest BCUT2D eigenvalue weighted by Gasteiger charge is -2.28. The molecule has 0 unspecified atom stereocenters. The van der Waals surface area contributed by atoms with Crippen molar-refractivity contribution in [3.8, 4) is 11.3 Å². The van der Waals surface area contributed by atoms with Crippen LogP contribution in [0.2, 0.25) is 5.02 Å². The maximum Gasteiger partial charge on any atom is 0.142 e. The Labute approximate surface area is 148 Å². The summed E-state index contributed by atoms with van der Waals surface area (Å²) in [6.45, 7) is 2.09. The molecule has 1 aliphatic carbocycles. The third-order valence-corrected chi connectivity index (χ3v) is 5.33. The number of halogens is 2. The molecule has 0 bridgehead atoms. The molecule has 0 atom stereocenters. The van der Waals surface area contributed by atoms with Gasteiger partial charge in [-0.1, -0.05) is 35.9 Å². The van der Waals surface area contributed by atoms with E-state index >= 15 is 0 Å². The Kier molecular flexibility index (Phi) is 5.68. The molecule has 1 fully saturated rings. The summed E-state index contributed by atoms with van der Waals surface area (Å²) < 4.78 is 13.6. The third-order valence-electron chi connectivity index (χ3n) is 5.03. The van der Waals surface area contributed by atoms with E-state index in [0.717, 1.165) is 17.2 Å². The molecular weight excluding hydrogens is 321 g/mol. The Bertz CT molecular complexity index is 700. The van der Waals surface area contributed by atoms with E-state index in [1.807, 2.05) is 12.3 Å². The van der Waals surface area contributed by atoms with Crippen molar-refractivity contribution >= 4 is 11.6 Å². The summed E-state index contributed by atoms with van der Waals surface area (Å²) in [5.74, 6) is 1.04. The van der Waals surface area contributed by atoms with Crippen LogP contribution in [0.25, 0.3) is 11.3 Å². The fraction of sp³-hybridized carbons (Fsp3) is 0.381. The minimum absolute atomic E-state index is 0.144. The second-order valence-corrected chi connectivity index (χ2v) is 7.04. The molecule has 24 heavy (non-hydrogen) atoms. The first-order valence-corrected chi connectivity index (χ1v) is 9.07. The van der Waals surface area contributed by atoms with Crippen LogP contribution in [-0.4, -0.2) is 4.98 Å². The SMILES string of the molecule is CC=CCC1CCC(c2ccc(-c3ccc(Cl)c(F)c3)nc2)CC1. The van der Waals surface area contributed by atoms with Crippen LogP contribution in [0, 0.1) is 11.7 Å². The van der Waals surface area contributed by atoms with Crippen LogP contribution < -0.4 is 0 Å². The Morgan fingerprint density at radius 3 is 2.58 bits per heavy atom. The number of aromatic nitrogens is 1. The van der Waals surface area contributed by atoms with E-state index in [9.17, 15) is 4.39 Å². The highest BCUT2D eigenvalue weighted by Crippen LogP contribution is 2.37. The van der Waals surface area contributed by atoms with Crippen molar-refractivity contribution < 1.29 is 4.39 Å². The van der Waals surface area contributed by atoms with Gasteiger partial charge in [-0.15, -0.1) is 0 Å². The molecule has 3 heteroatoms. The standard InChI is InChI=1S/C21H23ClFN/c1-2-3-4-15-5-7-16(8-6-15)18-10-12-21(24-14-18)17-9-11-19(22)20(23)13-17/h2-3,9-16H,4-8H2,1H3. The van der Waals surface area contributed by atoms with E-state index in [1.165, 1.54) is 43.7 Å². The normalized spacial score (nSPS) is 21.3. The second kappa shape index (κ2) is 7.94. The van der Waals surface area contributed by atoms with Crippen LogP contribution in [0.3, 0.4) is 0 Å². The molecule has 1 aliphatic rings. The van der Waals surface area contributed by atoms with Crippen LogP contribution in [0.4, 0.5) is 4.39 Å². The van der Waals surface area contributed by atoms with Crippen molar-refractivity contribution in [3.63, 3.8) is 0 Å². The van der Waals surface area contributed by atoms with Crippen molar-refractivity contribution in [3.05, 3.63) is 65.1 Å². The first kappa shape index (κ1) is 17.2. The quantitative estimate of drug-likeness (QED) is 0.557. The number of pyridine rings is 1. The molecule has 0 radical (unpaired) electrons. The van der Waals surface area contributed by atoms with E-state index < -0.39 is 5.82 Å². The minimum Gasteiger partial charge on any atom is -0.256 e. The number of rotatable bonds is 4. The molecule has 0 N–H and O–H groups in total. The van der Waals surface area contributed by atoms with Gasteiger partial charge in [0.25, 0.3) is 0 Å². The first-order valence-electron chi connectivity index (χ1n) is 8.70. The Morgan fingerprint density at radius 2 is 1.96 bits per heavy atom.